The molecular formula is C19H23N3O3S. The summed E-state index contributed by atoms with van der Waals surface area (Å²) < 4.78 is 23.8. The number of para-hydroxylation sites is 1. The molecular weight excluding hydrogens is 350 g/mol. The molecule has 0 radical (unpaired) electrons. The Hall–Kier alpha value is -2.41. The lowest BCUT2D eigenvalue weighted by Gasteiger charge is -2.19. The van der Waals surface area contributed by atoms with Crippen LogP contribution in [0.1, 0.15) is 26.3 Å². The quantitative estimate of drug-likeness (QED) is 0.891. The van der Waals surface area contributed by atoms with Crippen LogP contribution in [0, 0.1) is 0 Å². The number of fused-ring (bicyclic) bond motifs is 1. The van der Waals surface area contributed by atoms with E-state index in [9.17, 15) is 13.2 Å². The maximum atomic E-state index is 12.5. The van der Waals surface area contributed by atoms with Gasteiger partial charge in [-0.15, -0.1) is 0 Å². The molecule has 1 aliphatic rings. The average molecular weight is 373 g/mol. The van der Waals surface area contributed by atoms with Gasteiger partial charge < -0.3 is 10.2 Å². The molecule has 0 bridgehead atoms. The molecule has 0 unspecified atom stereocenters. The number of benzene rings is 1. The van der Waals surface area contributed by atoms with Crippen LogP contribution in [0.2, 0.25) is 0 Å². The van der Waals surface area contributed by atoms with Crippen molar-refractivity contribution >= 4 is 27.1 Å². The van der Waals surface area contributed by atoms with Crippen LogP contribution in [0.15, 0.2) is 47.6 Å². The number of hydrogen-bond acceptors (Lipinski definition) is 5. The third-order valence-corrected chi connectivity index (χ3v) is 6.85. The largest absolute Gasteiger partial charge is 0.375 e. The zero-order chi connectivity index (χ0) is 18.9. The minimum absolute atomic E-state index is 0.0265. The summed E-state index contributed by atoms with van der Waals surface area (Å²) in [5.74, 6) is -0.0265. The van der Waals surface area contributed by atoms with Crippen molar-refractivity contribution in [3.63, 3.8) is 0 Å². The van der Waals surface area contributed by atoms with Crippen molar-refractivity contribution in [2.45, 2.75) is 37.0 Å². The number of nitrogens with one attached hydrogen (secondary N) is 1. The molecule has 7 heteroatoms. The molecule has 138 valence electrons. The lowest BCUT2D eigenvalue weighted by atomic mass is 10.2. The first-order valence-corrected chi connectivity index (χ1v) is 10.0. The number of hydrogen-bond donors (Lipinski definition) is 1. The molecule has 1 aromatic carbocycles. The van der Waals surface area contributed by atoms with E-state index >= 15 is 0 Å². The molecule has 0 aliphatic carbocycles. The first-order valence-electron chi connectivity index (χ1n) is 8.53. The topological polar surface area (TPSA) is 79.4 Å². The molecule has 1 N–H and O–H groups in total. The van der Waals surface area contributed by atoms with Gasteiger partial charge >= 0.3 is 0 Å². The minimum atomic E-state index is -3.49. The van der Waals surface area contributed by atoms with Crippen LogP contribution >= 0.6 is 0 Å². The van der Waals surface area contributed by atoms with Crippen molar-refractivity contribution in [1.82, 2.24) is 4.98 Å². The zero-order valence-corrected chi connectivity index (χ0v) is 16.0. The lowest BCUT2D eigenvalue weighted by Crippen LogP contribution is -2.34. The summed E-state index contributed by atoms with van der Waals surface area (Å²) in [4.78, 5) is 18.3. The third-order valence-electron chi connectivity index (χ3n) is 4.45. The highest BCUT2D eigenvalue weighted by atomic mass is 32.2. The molecule has 26 heavy (non-hydrogen) atoms. The highest BCUT2D eigenvalue weighted by Gasteiger charge is 2.32. The summed E-state index contributed by atoms with van der Waals surface area (Å²) in [5.41, 5.74) is 2.75. The van der Waals surface area contributed by atoms with E-state index in [1.54, 1.807) is 31.7 Å². The molecule has 0 fully saturated rings. The fraction of sp³-hybridized carbons (Fsp3) is 0.368. The fourth-order valence-electron chi connectivity index (χ4n) is 2.83. The van der Waals surface area contributed by atoms with E-state index < -0.39 is 14.6 Å². The highest BCUT2D eigenvalue weighted by Crippen LogP contribution is 2.27. The number of carbonyl (C=O) groups excluding carboxylic acids is 1. The first kappa shape index (κ1) is 18.4. The molecule has 0 saturated carbocycles. The van der Waals surface area contributed by atoms with Gasteiger partial charge in [-0.1, -0.05) is 18.2 Å². The number of sulfone groups is 1. The zero-order valence-electron chi connectivity index (χ0n) is 15.2. The molecule has 2 heterocycles. The molecule has 0 spiro atoms. The van der Waals surface area contributed by atoms with Crippen molar-refractivity contribution in [3.05, 3.63) is 48.2 Å². The third kappa shape index (κ3) is 3.44. The van der Waals surface area contributed by atoms with Crippen LogP contribution in [0.5, 0.6) is 0 Å². The predicted molar refractivity (Wildman–Crippen MR) is 102 cm³/mol. The number of aromatic nitrogens is 1. The van der Waals surface area contributed by atoms with Crippen LogP contribution in [0.25, 0.3) is 0 Å². The second kappa shape index (κ2) is 6.72. The van der Waals surface area contributed by atoms with Gasteiger partial charge in [-0.05, 0) is 51.0 Å². The van der Waals surface area contributed by atoms with E-state index in [1.807, 2.05) is 24.3 Å². The molecule has 6 nitrogen and oxygen atoms in total. The number of carbonyl (C=O) groups is 1. The van der Waals surface area contributed by atoms with E-state index in [4.69, 9.17) is 0 Å². The van der Waals surface area contributed by atoms with Gasteiger partial charge in [0, 0.05) is 12.2 Å². The van der Waals surface area contributed by atoms with Crippen molar-refractivity contribution < 1.29 is 13.2 Å². The van der Waals surface area contributed by atoms with Gasteiger partial charge in [0.25, 0.3) is 0 Å². The van der Waals surface area contributed by atoms with Crippen LogP contribution in [-0.2, 0) is 21.1 Å². The lowest BCUT2D eigenvalue weighted by molar-refractivity contribution is -0.116. The summed E-state index contributed by atoms with van der Waals surface area (Å²) in [6.07, 6.45) is 2.31. The Bertz CT molecular complexity index is 916. The number of nitrogens with zero attached hydrogens (tertiary/aromatic N) is 2. The molecule has 2 aromatic rings. The molecule has 1 aliphatic heterocycles. The van der Waals surface area contributed by atoms with E-state index in [2.05, 4.69) is 10.3 Å². The standard InChI is InChI=1S/C19H23N3O3S/c1-19(2,3)26(24,25)17-9-8-15(12-21-17)20-13-18(23)22-11-10-14-6-4-5-7-16(14)22/h4-9,12,20H,10-11,13H2,1-3H3. The van der Waals surface area contributed by atoms with Crippen LogP contribution in [-0.4, -0.2) is 37.1 Å². The Balaban J connectivity index is 1.65. The van der Waals surface area contributed by atoms with Gasteiger partial charge in [0.15, 0.2) is 14.9 Å². The van der Waals surface area contributed by atoms with Crippen molar-refractivity contribution in [2.24, 2.45) is 0 Å². The normalized spacial score (nSPS) is 14.2. The first-order chi connectivity index (χ1) is 12.2. The smallest absolute Gasteiger partial charge is 0.246 e. The Morgan fingerprint density at radius 2 is 1.92 bits per heavy atom. The monoisotopic (exact) mass is 373 g/mol. The van der Waals surface area contributed by atoms with E-state index in [0.717, 1.165) is 12.1 Å². The van der Waals surface area contributed by atoms with E-state index in [1.165, 1.54) is 17.8 Å². The van der Waals surface area contributed by atoms with Crippen molar-refractivity contribution in [3.8, 4) is 0 Å². The van der Waals surface area contributed by atoms with Crippen LogP contribution < -0.4 is 10.2 Å². The molecule has 3 rings (SSSR count). The van der Waals surface area contributed by atoms with Gasteiger partial charge in [-0.3, -0.25) is 4.79 Å². The minimum Gasteiger partial charge on any atom is -0.375 e. The summed E-state index contributed by atoms with van der Waals surface area (Å²) in [6, 6.07) is 11.0. The summed E-state index contributed by atoms with van der Waals surface area (Å²) in [6.45, 7) is 5.73. The predicted octanol–water partition coefficient (Wildman–Crippen LogP) is 2.66. The average Bonchev–Trinajstić information content (AvgIpc) is 3.03. The van der Waals surface area contributed by atoms with Gasteiger partial charge in [0.05, 0.1) is 23.2 Å². The maximum Gasteiger partial charge on any atom is 0.246 e. The van der Waals surface area contributed by atoms with Gasteiger partial charge in [0.1, 0.15) is 0 Å². The highest BCUT2D eigenvalue weighted by molar-refractivity contribution is 7.92. The number of amides is 1. The Kier molecular flexibility index (Phi) is 4.75. The van der Waals surface area contributed by atoms with Crippen LogP contribution in [0.4, 0.5) is 11.4 Å². The molecule has 0 saturated heterocycles. The van der Waals surface area contributed by atoms with E-state index in [0.29, 0.717) is 12.2 Å². The number of anilines is 2. The Morgan fingerprint density at radius 1 is 1.19 bits per heavy atom. The van der Waals surface area contributed by atoms with Crippen LogP contribution in [0.3, 0.4) is 0 Å². The fourth-order valence-corrected chi connectivity index (χ4v) is 3.89. The molecule has 1 amide bonds. The van der Waals surface area contributed by atoms with Crippen molar-refractivity contribution in [1.29, 1.82) is 0 Å². The second-order valence-corrected chi connectivity index (χ2v) is 9.93. The van der Waals surface area contributed by atoms with Gasteiger partial charge in [-0.2, -0.15) is 0 Å². The number of pyridine rings is 1. The van der Waals surface area contributed by atoms with Crippen molar-refractivity contribution in [2.75, 3.05) is 23.3 Å². The Labute approximate surface area is 154 Å². The van der Waals surface area contributed by atoms with Gasteiger partial charge in [0.2, 0.25) is 5.91 Å². The number of rotatable bonds is 4. The summed E-state index contributed by atoms with van der Waals surface area (Å²) >= 11 is 0. The summed E-state index contributed by atoms with van der Waals surface area (Å²) in [7, 11) is -3.49. The maximum absolute atomic E-state index is 12.5. The van der Waals surface area contributed by atoms with E-state index in [-0.39, 0.29) is 17.5 Å². The van der Waals surface area contributed by atoms with Gasteiger partial charge in [-0.25, -0.2) is 13.4 Å². The molecule has 0 atom stereocenters. The Morgan fingerprint density at radius 3 is 2.58 bits per heavy atom. The SMILES string of the molecule is CC(C)(C)S(=O)(=O)c1ccc(NCC(=O)N2CCc3ccccc32)cn1. The second-order valence-electron chi connectivity index (χ2n) is 7.28. The molecule has 1 aromatic heterocycles. The summed E-state index contributed by atoms with van der Waals surface area (Å²) in [5, 5.41) is 3.06.